The second-order valence-electron chi connectivity index (χ2n) is 3.70. The van der Waals surface area contributed by atoms with Crippen LogP contribution in [0, 0.1) is 0 Å². The van der Waals surface area contributed by atoms with Crippen LogP contribution in [-0.4, -0.2) is 5.11 Å². The van der Waals surface area contributed by atoms with Crippen molar-refractivity contribution < 1.29 is 18.3 Å². The molecule has 94 valence electrons. The summed E-state index contributed by atoms with van der Waals surface area (Å²) in [6.45, 7) is 0. The third-order valence-corrected chi connectivity index (χ3v) is 2.72. The van der Waals surface area contributed by atoms with Gasteiger partial charge in [0.2, 0.25) is 0 Å². The molecule has 0 saturated carbocycles. The van der Waals surface area contributed by atoms with Gasteiger partial charge in [-0.2, -0.15) is 13.2 Å². The second kappa shape index (κ2) is 4.53. The zero-order valence-corrected chi connectivity index (χ0v) is 9.76. The molecule has 0 aromatic heterocycles. The summed E-state index contributed by atoms with van der Waals surface area (Å²) in [6.07, 6.45) is -4.48. The molecule has 0 saturated heterocycles. The average Bonchev–Trinajstić information content (AvgIpc) is 2.31. The number of halogens is 4. The van der Waals surface area contributed by atoms with E-state index in [0.29, 0.717) is 0 Å². The van der Waals surface area contributed by atoms with Crippen molar-refractivity contribution >= 4 is 11.6 Å². The van der Waals surface area contributed by atoms with E-state index in [2.05, 4.69) is 0 Å². The van der Waals surface area contributed by atoms with Gasteiger partial charge in [-0.25, -0.2) is 0 Å². The minimum atomic E-state index is -4.48. The van der Waals surface area contributed by atoms with Gasteiger partial charge in [-0.1, -0.05) is 29.8 Å². The Kier molecular flexibility index (Phi) is 3.22. The molecule has 0 spiro atoms. The summed E-state index contributed by atoms with van der Waals surface area (Å²) in [5, 5.41) is 9.92. The van der Waals surface area contributed by atoms with Crippen molar-refractivity contribution in [3.8, 4) is 16.9 Å². The van der Waals surface area contributed by atoms with Gasteiger partial charge < -0.3 is 5.11 Å². The lowest BCUT2D eigenvalue weighted by Gasteiger charge is -2.13. The van der Waals surface area contributed by atoms with Crippen molar-refractivity contribution in [2.45, 2.75) is 6.18 Å². The van der Waals surface area contributed by atoms with Gasteiger partial charge in [0.15, 0.2) is 0 Å². The van der Waals surface area contributed by atoms with Crippen molar-refractivity contribution in [2.75, 3.05) is 0 Å². The molecule has 0 amide bonds. The Morgan fingerprint density at radius 3 is 2.28 bits per heavy atom. The largest absolute Gasteiger partial charge is 0.507 e. The number of aromatic hydroxyl groups is 1. The van der Waals surface area contributed by atoms with Crippen molar-refractivity contribution in [1.82, 2.24) is 0 Å². The van der Waals surface area contributed by atoms with E-state index in [9.17, 15) is 18.3 Å². The maximum Gasteiger partial charge on any atom is 0.417 e. The Labute approximate surface area is 106 Å². The van der Waals surface area contributed by atoms with Crippen LogP contribution in [-0.2, 0) is 6.18 Å². The normalized spacial score (nSPS) is 11.6. The minimum Gasteiger partial charge on any atom is -0.507 e. The quantitative estimate of drug-likeness (QED) is 0.795. The summed E-state index contributed by atoms with van der Waals surface area (Å²) in [4.78, 5) is 0. The Morgan fingerprint density at radius 2 is 1.61 bits per heavy atom. The molecule has 0 radical (unpaired) electrons. The maximum absolute atomic E-state index is 12.9. The number of phenolic OH excluding ortho intramolecular Hbond substituents is 1. The van der Waals surface area contributed by atoms with E-state index in [1.54, 1.807) is 0 Å². The van der Waals surface area contributed by atoms with Gasteiger partial charge in [0.1, 0.15) is 5.75 Å². The van der Waals surface area contributed by atoms with Crippen LogP contribution in [0.3, 0.4) is 0 Å². The van der Waals surface area contributed by atoms with Crippen LogP contribution >= 0.6 is 11.6 Å². The molecule has 2 aromatic rings. The Hall–Kier alpha value is -1.68. The fraction of sp³-hybridized carbons (Fsp3) is 0.0769. The molecule has 1 N–H and O–H groups in total. The fourth-order valence-corrected chi connectivity index (χ4v) is 1.86. The van der Waals surface area contributed by atoms with Gasteiger partial charge in [0.25, 0.3) is 0 Å². The summed E-state index contributed by atoms with van der Waals surface area (Å²) in [7, 11) is 0. The molecule has 0 bridgehead atoms. The average molecular weight is 273 g/mol. The number of phenols is 1. The molecule has 1 nitrogen and oxygen atoms in total. The molecule has 0 heterocycles. The van der Waals surface area contributed by atoms with Gasteiger partial charge in [-0.3, -0.25) is 0 Å². The summed E-state index contributed by atoms with van der Waals surface area (Å²) in [5.41, 5.74) is -0.831. The number of alkyl halides is 3. The van der Waals surface area contributed by atoms with E-state index in [-0.39, 0.29) is 21.9 Å². The Morgan fingerprint density at radius 1 is 0.944 bits per heavy atom. The van der Waals surface area contributed by atoms with Crippen LogP contribution in [0.25, 0.3) is 11.1 Å². The van der Waals surface area contributed by atoms with Crippen LogP contribution in [0.5, 0.6) is 5.75 Å². The van der Waals surface area contributed by atoms with Crippen molar-refractivity contribution in [2.24, 2.45) is 0 Å². The molecule has 5 heteroatoms. The fourth-order valence-electron chi connectivity index (χ4n) is 1.69. The van der Waals surface area contributed by atoms with E-state index in [1.807, 2.05) is 0 Å². The molecule has 18 heavy (non-hydrogen) atoms. The lowest BCUT2D eigenvalue weighted by molar-refractivity contribution is -0.137. The molecule has 0 aliphatic carbocycles. The van der Waals surface area contributed by atoms with Crippen LogP contribution in [0.15, 0.2) is 42.5 Å². The molecule has 2 rings (SSSR count). The Bertz CT molecular complexity index is 579. The topological polar surface area (TPSA) is 20.2 Å². The standard InChI is InChI=1S/C13H8ClF3O/c14-8-5-6-12(18)10(7-8)9-3-1-2-4-11(9)13(15,16)17/h1-7,18H. The molecule has 0 unspecified atom stereocenters. The lowest BCUT2D eigenvalue weighted by Crippen LogP contribution is -2.06. The summed E-state index contributed by atoms with van der Waals surface area (Å²) in [5.74, 6) is -0.240. The van der Waals surface area contributed by atoms with Crippen LogP contribution in [0.2, 0.25) is 5.02 Å². The van der Waals surface area contributed by atoms with Gasteiger partial charge in [0.05, 0.1) is 5.56 Å². The van der Waals surface area contributed by atoms with Gasteiger partial charge in [-0.05, 0) is 29.8 Å². The first-order valence-corrected chi connectivity index (χ1v) is 5.42. The van der Waals surface area contributed by atoms with E-state index < -0.39 is 11.7 Å². The molecule has 0 fully saturated rings. The third kappa shape index (κ3) is 2.43. The highest BCUT2D eigenvalue weighted by atomic mass is 35.5. The van der Waals surface area contributed by atoms with Crippen molar-refractivity contribution in [1.29, 1.82) is 0 Å². The zero-order valence-electron chi connectivity index (χ0n) is 9.00. The van der Waals surface area contributed by atoms with Gasteiger partial charge >= 0.3 is 6.18 Å². The van der Waals surface area contributed by atoms with E-state index in [1.165, 1.54) is 36.4 Å². The number of benzene rings is 2. The van der Waals surface area contributed by atoms with Gasteiger partial charge in [-0.15, -0.1) is 0 Å². The van der Waals surface area contributed by atoms with E-state index in [0.717, 1.165) is 6.07 Å². The summed E-state index contributed by atoms with van der Waals surface area (Å²) < 4.78 is 38.6. The summed E-state index contributed by atoms with van der Waals surface area (Å²) >= 11 is 5.74. The smallest absolute Gasteiger partial charge is 0.417 e. The molecule has 2 aromatic carbocycles. The first-order chi connectivity index (χ1) is 8.39. The molecular weight excluding hydrogens is 265 g/mol. The van der Waals surface area contributed by atoms with Gasteiger partial charge in [0, 0.05) is 10.6 Å². The first kappa shape index (κ1) is 12.8. The monoisotopic (exact) mass is 272 g/mol. The molecule has 0 aliphatic heterocycles. The molecular formula is C13H8ClF3O. The minimum absolute atomic E-state index is 0.0652. The predicted molar refractivity (Wildman–Crippen MR) is 63.6 cm³/mol. The van der Waals surface area contributed by atoms with Crippen LogP contribution < -0.4 is 0 Å². The number of hydrogen-bond acceptors (Lipinski definition) is 1. The highest BCUT2D eigenvalue weighted by Crippen LogP contribution is 2.40. The van der Waals surface area contributed by atoms with E-state index >= 15 is 0 Å². The number of hydrogen-bond donors (Lipinski definition) is 1. The first-order valence-electron chi connectivity index (χ1n) is 5.04. The SMILES string of the molecule is Oc1ccc(Cl)cc1-c1ccccc1C(F)(F)F. The molecule has 0 atom stereocenters. The Balaban J connectivity index is 2.68. The van der Waals surface area contributed by atoms with Crippen molar-refractivity contribution in [3.63, 3.8) is 0 Å². The van der Waals surface area contributed by atoms with Crippen molar-refractivity contribution in [3.05, 3.63) is 53.1 Å². The predicted octanol–water partition coefficient (Wildman–Crippen LogP) is 4.73. The second-order valence-corrected chi connectivity index (χ2v) is 4.14. The maximum atomic E-state index is 12.9. The molecule has 0 aliphatic rings. The van der Waals surface area contributed by atoms with Crippen LogP contribution in [0.1, 0.15) is 5.56 Å². The van der Waals surface area contributed by atoms with E-state index in [4.69, 9.17) is 11.6 Å². The highest BCUT2D eigenvalue weighted by Gasteiger charge is 2.33. The third-order valence-electron chi connectivity index (χ3n) is 2.48. The highest BCUT2D eigenvalue weighted by molar-refractivity contribution is 6.31. The van der Waals surface area contributed by atoms with Crippen LogP contribution in [0.4, 0.5) is 13.2 Å². The number of rotatable bonds is 1. The lowest BCUT2D eigenvalue weighted by atomic mass is 9.98. The summed E-state index contributed by atoms with van der Waals surface area (Å²) in [6, 6.07) is 9.03. The zero-order chi connectivity index (χ0) is 13.3.